The molecule has 96 valence electrons. The van der Waals surface area contributed by atoms with Crippen molar-refractivity contribution in [1.82, 2.24) is 14.8 Å². The number of aryl methyl sites for hydroxylation is 2. The van der Waals surface area contributed by atoms with Crippen molar-refractivity contribution in [3.8, 4) is 11.6 Å². The topological polar surface area (TPSA) is 60.2 Å². The van der Waals surface area contributed by atoms with E-state index in [1.165, 1.54) is 12.3 Å². The Hall–Kier alpha value is -1.95. The number of hydrogen-bond acceptors (Lipinski definition) is 4. The SMILES string of the molecule is Cc1nn(C)c(C)c1Oc1nccc(CO)c1F. The molecule has 0 aromatic carbocycles. The first-order chi connectivity index (χ1) is 8.54. The molecule has 0 unspecified atom stereocenters. The number of ether oxygens (including phenoxy) is 1. The number of rotatable bonds is 3. The van der Waals surface area contributed by atoms with Gasteiger partial charge in [-0.3, -0.25) is 4.68 Å². The Bertz CT molecular complexity index is 581. The molecule has 0 amide bonds. The van der Waals surface area contributed by atoms with Crippen molar-refractivity contribution >= 4 is 0 Å². The molecule has 2 aromatic heterocycles. The Morgan fingerprint density at radius 1 is 1.44 bits per heavy atom. The first kappa shape index (κ1) is 12.5. The number of aromatic nitrogens is 3. The van der Waals surface area contributed by atoms with Gasteiger partial charge in [-0.1, -0.05) is 0 Å². The third-order valence-corrected chi connectivity index (χ3v) is 2.75. The second-order valence-electron chi connectivity index (χ2n) is 3.97. The van der Waals surface area contributed by atoms with Crippen LogP contribution in [0.3, 0.4) is 0 Å². The van der Waals surface area contributed by atoms with E-state index < -0.39 is 12.4 Å². The number of hydrogen-bond donors (Lipinski definition) is 1. The van der Waals surface area contributed by atoms with Gasteiger partial charge in [-0.15, -0.1) is 0 Å². The van der Waals surface area contributed by atoms with E-state index in [9.17, 15) is 4.39 Å². The van der Waals surface area contributed by atoms with Gasteiger partial charge in [-0.25, -0.2) is 9.37 Å². The van der Waals surface area contributed by atoms with Crippen LogP contribution in [-0.4, -0.2) is 19.9 Å². The van der Waals surface area contributed by atoms with Crippen LogP contribution in [-0.2, 0) is 13.7 Å². The molecule has 2 heterocycles. The molecule has 0 fully saturated rings. The highest BCUT2D eigenvalue weighted by atomic mass is 19.1. The molecule has 5 nitrogen and oxygen atoms in total. The van der Waals surface area contributed by atoms with E-state index in [0.717, 1.165) is 5.69 Å². The Morgan fingerprint density at radius 3 is 2.72 bits per heavy atom. The lowest BCUT2D eigenvalue weighted by atomic mass is 10.2. The molecule has 0 saturated heterocycles. The quantitative estimate of drug-likeness (QED) is 0.904. The predicted octanol–water partition coefficient (Wildman–Crippen LogP) is 1.86. The summed E-state index contributed by atoms with van der Waals surface area (Å²) in [5.41, 5.74) is 1.59. The standard InChI is InChI=1S/C12H14FN3O2/c1-7-11(8(2)16(3)15-7)18-12-10(13)9(6-17)4-5-14-12/h4-5,17H,6H2,1-3H3. The Kier molecular flexibility index (Phi) is 3.29. The number of aliphatic hydroxyl groups is 1. The maximum absolute atomic E-state index is 13.9. The van der Waals surface area contributed by atoms with Crippen molar-refractivity contribution in [2.75, 3.05) is 0 Å². The highest BCUT2D eigenvalue weighted by molar-refractivity contribution is 5.36. The average molecular weight is 251 g/mol. The molecular weight excluding hydrogens is 237 g/mol. The predicted molar refractivity (Wildman–Crippen MR) is 62.9 cm³/mol. The zero-order valence-electron chi connectivity index (χ0n) is 10.4. The van der Waals surface area contributed by atoms with Gasteiger partial charge in [-0.05, 0) is 19.9 Å². The zero-order chi connectivity index (χ0) is 13.3. The fraction of sp³-hybridized carbons (Fsp3) is 0.333. The van der Waals surface area contributed by atoms with E-state index in [4.69, 9.17) is 9.84 Å². The molecule has 0 bridgehead atoms. The van der Waals surface area contributed by atoms with E-state index in [1.807, 2.05) is 6.92 Å². The summed E-state index contributed by atoms with van der Waals surface area (Å²) < 4.78 is 21.0. The van der Waals surface area contributed by atoms with Gasteiger partial charge in [0.05, 0.1) is 12.3 Å². The summed E-state index contributed by atoms with van der Waals surface area (Å²) in [5.74, 6) is -0.317. The molecule has 0 atom stereocenters. The minimum absolute atomic E-state index is 0.152. The lowest BCUT2D eigenvalue weighted by Crippen LogP contribution is -1.98. The van der Waals surface area contributed by atoms with Crippen molar-refractivity contribution in [2.24, 2.45) is 7.05 Å². The minimum atomic E-state index is -0.650. The summed E-state index contributed by atoms with van der Waals surface area (Å²) in [6.45, 7) is 3.20. The lowest BCUT2D eigenvalue weighted by molar-refractivity contribution is 0.272. The van der Waals surface area contributed by atoms with Crippen LogP contribution in [0.25, 0.3) is 0 Å². The first-order valence-corrected chi connectivity index (χ1v) is 5.47. The summed E-state index contributed by atoms with van der Waals surface area (Å²) in [5, 5.41) is 13.2. The fourth-order valence-corrected chi connectivity index (χ4v) is 1.65. The molecule has 0 aliphatic rings. The smallest absolute Gasteiger partial charge is 0.256 e. The van der Waals surface area contributed by atoms with Crippen LogP contribution in [0.2, 0.25) is 0 Å². The van der Waals surface area contributed by atoms with Crippen LogP contribution in [0, 0.1) is 19.7 Å². The molecule has 0 spiro atoms. The third kappa shape index (κ3) is 2.06. The van der Waals surface area contributed by atoms with Crippen molar-refractivity contribution in [3.05, 3.63) is 35.0 Å². The molecule has 0 radical (unpaired) electrons. The molecule has 2 aromatic rings. The molecule has 1 N–H and O–H groups in total. The van der Waals surface area contributed by atoms with Crippen molar-refractivity contribution in [3.63, 3.8) is 0 Å². The van der Waals surface area contributed by atoms with Crippen molar-refractivity contribution in [1.29, 1.82) is 0 Å². The zero-order valence-corrected chi connectivity index (χ0v) is 10.4. The molecule has 0 saturated carbocycles. The Balaban J connectivity index is 2.40. The van der Waals surface area contributed by atoms with Crippen LogP contribution >= 0.6 is 0 Å². The van der Waals surface area contributed by atoms with Gasteiger partial charge in [0.15, 0.2) is 11.6 Å². The second-order valence-corrected chi connectivity index (χ2v) is 3.97. The number of nitrogens with zero attached hydrogens (tertiary/aromatic N) is 3. The normalized spacial score (nSPS) is 10.7. The fourth-order valence-electron chi connectivity index (χ4n) is 1.65. The maximum Gasteiger partial charge on any atom is 0.256 e. The van der Waals surface area contributed by atoms with E-state index in [0.29, 0.717) is 11.4 Å². The molecule has 18 heavy (non-hydrogen) atoms. The number of pyridine rings is 1. The van der Waals surface area contributed by atoms with E-state index in [2.05, 4.69) is 10.1 Å². The van der Waals surface area contributed by atoms with Gasteiger partial charge in [0, 0.05) is 18.8 Å². The van der Waals surface area contributed by atoms with E-state index >= 15 is 0 Å². The van der Waals surface area contributed by atoms with Crippen molar-refractivity contribution in [2.45, 2.75) is 20.5 Å². The van der Waals surface area contributed by atoms with Gasteiger partial charge >= 0.3 is 0 Å². The molecular formula is C12H14FN3O2. The van der Waals surface area contributed by atoms with E-state index in [1.54, 1.807) is 18.7 Å². The second kappa shape index (κ2) is 4.73. The van der Waals surface area contributed by atoms with Gasteiger partial charge in [-0.2, -0.15) is 5.10 Å². The lowest BCUT2D eigenvalue weighted by Gasteiger charge is -2.07. The minimum Gasteiger partial charge on any atom is -0.433 e. The van der Waals surface area contributed by atoms with Gasteiger partial charge in [0.1, 0.15) is 5.69 Å². The molecule has 2 rings (SSSR count). The van der Waals surface area contributed by atoms with Crippen LogP contribution in [0.5, 0.6) is 11.6 Å². The monoisotopic (exact) mass is 251 g/mol. The van der Waals surface area contributed by atoms with Crippen LogP contribution in [0.4, 0.5) is 4.39 Å². The van der Waals surface area contributed by atoms with Crippen LogP contribution < -0.4 is 4.74 Å². The summed E-state index contributed by atoms with van der Waals surface area (Å²) >= 11 is 0. The molecule has 0 aliphatic carbocycles. The summed E-state index contributed by atoms with van der Waals surface area (Å²) in [6.07, 6.45) is 1.39. The maximum atomic E-state index is 13.9. The summed E-state index contributed by atoms with van der Waals surface area (Å²) in [7, 11) is 1.78. The highest BCUT2D eigenvalue weighted by Crippen LogP contribution is 2.29. The highest BCUT2D eigenvalue weighted by Gasteiger charge is 2.16. The largest absolute Gasteiger partial charge is 0.433 e. The average Bonchev–Trinajstić information content (AvgIpc) is 2.58. The summed E-state index contributed by atoms with van der Waals surface area (Å²) in [6, 6.07) is 1.41. The Labute approximate surface area is 104 Å². The first-order valence-electron chi connectivity index (χ1n) is 5.47. The Morgan fingerprint density at radius 2 is 2.17 bits per heavy atom. The van der Waals surface area contributed by atoms with Gasteiger partial charge in [0.2, 0.25) is 0 Å². The number of halogens is 1. The summed E-state index contributed by atoms with van der Waals surface area (Å²) in [4.78, 5) is 3.83. The van der Waals surface area contributed by atoms with Gasteiger partial charge in [0.25, 0.3) is 5.88 Å². The van der Waals surface area contributed by atoms with E-state index in [-0.39, 0.29) is 11.4 Å². The molecule has 6 heteroatoms. The number of aliphatic hydroxyl groups excluding tert-OH is 1. The van der Waals surface area contributed by atoms with Crippen LogP contribution in [0.1, 0.15) is 17.0 Å². The van der Waals surface area contributed by atoms with Crippen molar-refractivity contribution < 1.29 is 14.2 Å². The van der Waals surface area contributed by atoms with Crippen LogP contribution in [0.15, 0.2) is 12.3 Å². The van der Waals surface area contributed by atoms with Gasteiger partial charge < -0.3 is 9.84 Å². The third-order valence-electron chi connectivity index (χ3n) is 2.75. The molecule has 0 aliphatic heterocycles.